The molecule has 0 unspecified atom stereocenters. The summed E-state index contributed by atoms with van der Waals surface area (Å²) in [6, 6.07) is 86.4. The molecule has 0 N–H and O–H groups in total. The molecule has 0 amide bonds. The van der Waals surface area contributed by atoms with E-state index in [4.69, 9.17) is 15.0 Å². The number of hydrogen-bond donors (Lipinski definition) is 0. The molecule has 10 aromatic carbocycles. The molecule has 0 aliphatic heterocycles. The lowest BCUT2D eigenvalue weighted by Gasteiger charge is -2.17. The molecule has 3 aromatic heterocycles. The number of thiophene rings is 1. The average Bonchev–Trinajstić information content (AvgIpc) is 3.97. The van der Waals surface area contributed by atoms with Gasteiger partial charge in [0.05, 0.1) is 11.0 Å². The second kappa shape index (κ2) is 16.6. The molecule has 0 atom stereocenters. The smallest absolute Gasteiger partial charge is 0.164 e. The van der Waals surface area contributed by atoms with Crippen molar-refractivity contribution >= 4 is 53.3 Å². The zero-order valence-corrected chi connectivity index (χ0v) is 37.6. The van der Waals surface area contributed by atoms with Gasteiger partial charge in [0, 0.05) is 53.3 Å². The molecule has 318 valence electrons. The molecular weight excluding hydrogens is 845 g/mol. The van der Waals surface area contributed by atoms with Gasteiger partial charge in [-0.15, -0.1) is 11.3 Å². The Hall–Kier alpha value is -8.77. The Labute approximate surface area is 397 Å². The number of para-hydroxylation sites is 2. The number of nitrogens with zero attached hydrogens (tertiary/aromatic N) is 4. The summed E-state index contributed by atoms with van der Waals surface area (Å²) in [6.07, 6.45) is 0. The van der Waals surface area contributed by atoms with Crippen LogP contribution in [0.2, 0.25) is 0 Å². The fourth-order valence-corrected chi connectivity index (χ4v) is 11.0. The lowest BCUT2D eigenvalue weighted by Crippen LogP contribution is -2.01. The van der Waals surface area contributed by atoms with E-state index in [9.17, 15) is 0 Å². The summed E-state index contributed by atoms with van der Waals surface area (Å²) in [7, 11) is 0. The first-order valence-electron chi connectivity index (χ1n) is 22.9. The summed E-state index contributed by atoms with van der Waals surface area (Å²) in [5.41, 5.74) is 15.3. The van der Waals surface area contributed by atoms with Gasteiger partial charge < -0.3 is 4.57 Å². The molecule has 13 rings (SSSR count). The number of benzene rings is 10. The van der Waals surface area contributed by atoms with Crippen molar-refractivity contribution in [2.75, 3.05) is 0 Å². The van der Waals surface area contributed by atoms with Gasteiger partial charge in [0.25, 0.3) is 0 Å². The Morgan fingerprint density at radius 3 is 1.47 bits per heavy atom. The SMILES string of the molecule is c1ccc(-c2ccc(-c3ccccc3)c(-c3ccc(-c4ccc5c(c4)sc4ccc6c7ccccc7n(-c7ccccc7)c6c45)c(-c4nc(-c5ccccc5)nc(-c5ccccc5)n4)c3)c2)cc1. The van der Waals surface area contributed by atoms with Crippen LogP contribution in [0.1, 0.15) is 0 Å². The number of rotatable bonds is 8. The maximum Gasteiger partial charge on any atom is 0.164 e. The molecule has 0 saturated heterocycles. The standard InChI is InChI=1S/C63H40N4S/c1-6-18-41(19-7-1)45-30-33-49(42-20-8-2-9-21-42)54(38-45)46-31-34-50(55(39-46)63-65-61(43-22-10-3-11-23-43)64-62(66-63)44-24-12-4-13-25-44)47-32-35-53-58(40-47)68-57-37-36-52-51-28-16-17-29-56(51)67(60(52)59(53)57)48-26-14-5-15-27-48/h1-40H. The molecule has 0 bridgehead atoms. The molecule has 0 aliphatic rings. The van der Waals surface area contributed by atoms with Crippen LogP contribution in [-0.2, 0) is 0 Å². The summed E-state index contributed by atoms with van der Waals surface area (Å²) in [6.45, 7) is 0. The fraction of sp³-hybridized carbons (Fsp3) is 0. The highest BCUT2D eigenvalue weighted by molar-refractivity contribution is 7.26. The molecule has 0 saturated carbocycles. The topological polar surface area (TPSA) is 43.6 Å². The maximum atomic E-state index is 5.33. The number of fused-ring (bicyclic) bond motifs is 7. The lowest BCUT2D eigenvalue weighted by atomic mass is 9.88. The van der Waals surface area contributed by atoms with Crippen LogP contribution < -0.4 is 0 Å². The highest BCUT2D eigenvalue weighted by Crippen LogP contribution is 2.46. The van der Waals surface area contributed by atoms with Crippen molar-refractivity contribution in [3.63, 3.8) is 0 Å². The zero-order valence-electron chi connectivity index (χ0n) is 36.8. The van der Waals surface area contributed by atoms with Gasteiger partial charge in [-0.2, -0.15) is 0 Å². The third-order valence-corrected chi connectivity index (χ3v) is 14.2. The van der Waals surface area contributed by atoms with Gasteiger partial charge in [-0.1, -0.05) is 200 Å². The van der Waals surface area contributed by atoms with Crippen LogP contribution in [0.5, 0.6) is 0 Å². The van der Waals surface area contributed by atoms with Crippen LogP contribution in [0.3, 0.4) is 0 Å². The number of hydrogen-bond acceptors (Lipinski definition) is 4. The Balaban J connectivity index is 1.06. The van der Waals surface area contributed by atoms with Gasteiger partial charge in [-0.25, -0.2) is 15.0 Å². The number of aromatic nitrogens is 4. The first-order chi connectivity index (χ1) is 33.7. The van der Waals surface area contributed by atoms with E-state index in [1.807, 2.05) is 47.7 Å². The van der Waals surface area contributed by atoms with Crippen molar-refractivity contribution in [1.82, 2.24) is 19.5 Å². The van der Waals surface area contributed by atoms with Crippen molar-refractivity contribution in [3.05, 3.63) is 243 Å². The summed E-state index contributed by atoms with van der Waals surface area (Å²) in [4.78, 5) is 15.8. The van der Waals surface area contributed by atoms with Crippen LogP contribution in [0, 0.1) is 0 Å². The van der Waals surface area contributed by atoms with Crippen LogP contribution in [0.4, 0.5) is 0 Å². The summed E-state index contributed by atoms with van der Waals surface area (Å²) in [5, 5.41) is 5.01. The van der Waals surface area contributed by atoms with Crippen LogP contribution in [0.15, 0.2) is 243 Å². The first-order valence-corrected chi connectivity index (χ1v) is 23.7. The van der Waals surface area contributed by atoms with Gasteiger partial charge in [0.2, 0.25) is 0 Å². The summed E-state index contributed by atoms with van der Waals surface area (Å²) in [5.74, 6) is 1.86. The van der Waals surface area contributed by atoms with Crippen LogP contribution >= 0.6 is 11.3 Å². The summed E-state index contributed by atoms with van der Waals surface area (Å²) < 4.78 is 4.91. The zero-order chi connectivity index (χ0) is 45.0. The second-order valence-corrected chi connectivity index (χ2v) is 18.2. The Morgan fingerprint density at radius 1 is 0.294 bits per heavy atom. The molecule has 0 aliphatic carbocycles. The second-order valence-electron chi connectivity index (χ2n) is 17.1. The molecule has 0 radical (unpaired) electrons. The quantitative estimate of drug-likeness (QED) is 0.153. The third kappa shape index (κ3) is 6.88. The third-order valence-electron chi connectivity index (χ3n) is 13.1. The molecule has 4 nitrogen and oxygen atoms in total. The monoisotopic (exact) mass is 884 g/mol. The normalized spacial score (nSPS) is 11.5. The first kappa shape index (κ1) is 39.6. The van der Waals surface area contributed by atoms with Crippen molar-refractivity contribution in [3.8, 4) is 84.4 Å². The fourth-order valence-electron chi connectivity index (χ4n) is 9.87. The molecule has 3 heterocycles. The van der Waals surface area contributed by atoms with Crippen LogP contribution in [0.25, 0.3) is 126 Å². The van der Waals surface area contributed by atoms with Crippen molar-refractivity contribution in [2.24, 2.45) is 0 Å². The lowest BCUT2D eigenvalue weighted by molar-refractivity contribution is 1.07. The molecule has 0 fully saturated rings. The van der Waals surface area contributed by atoms with Gasteiger partial charge in [0.15, 0.2) is 17.5 Å². The molecule has 13 aromatic rings. The Morgan fingerprint density at radius 2 is 0.794 bits per heavy atom. The predicted molar refractivity (Wildman–Crippen MR) is 285 cm³/mol. The summed E-state index contributed by atoms with van der Waals surface area (Å²) >= 11 is 1.84. The van der Waals surface area contributed by atoms with E-state index < -0.39 is 0 Å². The van der Waals surface area contributed by atoms with E-state index in [1.165, 1.54) is 47.5 Å². The predicted octanol–water partition coefficient (Wildman–Crippen LogP) is 17.0. The van der Waals surface area contributed by atoms with Gasteiger partial charge >= 0.3 is 0 Å². The van der Waals surface area contributed by atoms with Gasteiger partial charge in [-0.05, 0) is 87.0 Å². The molecule has 5 heteroatoms. The molecule has 0 spiro atoms. The Kier molecular flexibility index (Phi) is 9.66. The van der Waals surface area contributed by atoms with E-state index in [1.54, 1.807) is 0 Å². The molecular formula is C63H40N4S. The largest absolute Gasteiger partial charge is 0.309 e. The highest BCUT2D eigenvalue weighted by Gasteiger charge is 2.22. The van der Waals surface area contributed by atoms with Crippen molar-refractivity contribution in [2.45, 2.75) is 0 Å². The van der Waals surface area contributed by atoms with Crippen molar-refractivity contribution in [1.29, 1.82) is 0 Å². The van der Waals surface area contributed by atoms with E-state index in [0.717, 1.165) is 61.3 Å². The highest BCUT2D eigenvalue weighted by atomic mass is 32.1. The van der Waals surface area contributed by atoms with E-state index in [2.05, 4.69) is 211 Å². The minimum Gasteiger partial charge on any atom is -0.309 e. The molecule has 68 heavy (non-hydrogen) atoms. The van der Waals surface area contributed by atoms with E-state index in [0.29, 0.717) is 17.5 Å². The van der Waals surface area contributed by atoms with Crippen molar-refractivity contribution < 1.29 is 0 Å². The van der Waals surface area contributed by atoms with E-state index >= 15 is 0 Å². The van der Waals surface area contributed by atoms with Gasteiger partial charge in [-0.3, -0.25) is 0 Å². The van der Waals surface area contributed by atoms with Gasteiger partial charge in [0.1, 0.15) is 0 Å². The Bertz CT molecular complexity index is 3940. The minimum atomic E-state index is 0.612. The average molecular weight is 885 g/mol. The van der Waals surface area contributed by atoms with E-state index in [-0.39, 0.29) is 0 Å². The maximum absolute atomic E-state index is 5.33. The minimum absolute atomic E-state index is 0.612. The van der Waals surface area contributed by atoms with Crippen LogP contribution in [-0.4, -0.2) is 19.5 Å².